The minimum Gasteiger partial charge on any atom is -0.356 e. The van der Waals surface area contributed by atoms with Crippen molar-refractivity contribution in [2.45, 2.75) is 25.3 Å². The molecule has 1 saturated heterocycles. The Kier molecular flexibility index (Phi) is 2.81. The molecular weight excluding hydrogens is 244 g/mol. The first-order chi connectivity index (χ1) is 9.18. The summed E-state index contributed by atoms with van der Waals surface area (Å²) >= 11 is 0. The van der Waals surface area contributed by atoms with E-state index in [4.69, 9.17) is 0 Å². The molecule has 1 aromatic rings. The van der Waals surface area contributed by atoms with Crippen LogP contribution in [0.5, 0.6) is 0 Å². The zero-order chi connectivity index (χ0) is 13.4. The zero-order valence-corrected chi connectivity index (χ0v) is 10.4. The van der Waals surface area contributed by atoms with Crippen LogP contribution in [-0.2, 0) is 4.79 Å². The molecular formula is C14H14N2O3. The first kappa shape index (κ1) is 11.9. The van der Waals surface area contributed by atoms with Crippen molar-refractivity contribution in [1.29, 1.82) is 0 Å². The molecule has 19 heavy (non-hydrogen) atoms. The van der Waals surface area contributed by atoms with Gasteiger partial charge >= 0.3 is 0 Å². The molecule has 2 heterocycles. The molecule has 1 unspecified atom stereocenters. The summed E-state index contributed by atoms with van der Waals surface area (Å²) in [6, 6.07) is 6.48. The molecule has 0 spiro atoms. The number of hydrogen-bond acceptors (Lipinski definition) is 3. The SMILES string of the molecule is O=C1CC(N2C(=O)c3ccccc3C2=O)CCCN1. The van der Waals surface area contributed by atoms with E-state index in [1.165, 1.54) is 4.90 Å². The molecule has 2 aliphatic rings. The largest absolute Gasteiger partial charge is 0.356 e. The van der Waals surface area contributed by atoms with Crippen LogP contribution in [0.1, 0.15) is 40.0 Å². The van der Waals surface area contributed by atoms with E-state index in [0.717, 1.165) is 6.42 Å². The van der Waals surface area contributed by atoms with Crippen LogP contribution in [0.3, 0.4) is 0 Å². The molecule has 5 heteroatoms. The van der Waals surface area contributed by atoms with Crippen molar-refractivity contribution >= 4 is 17.7 Å². The van der Waals surface area contributed by atoms with Gasteiger partial charge in [-0.05, 0) is 25.0 Å². The summed E-state index contributed by atoms with van der Waals surface area (Å²) in [5, 5.41) is 2.76. The number of carbonyl (C=O) groups excluding carboxylic acids is 3. The fraction of sp³-hybridized carbons (Fsp3) is 0.357. The topological polar surface area (TPSA) is 66.5 Å². The molecule has 98 valence electrons. The Balaban J connectivity index is 1.93. The van der Waals surface area contributed by atoms with Crippen LogP contribution in [-0.4, -0.2) is 35.2 Å². The quantitative estimate of drug-likeness (QED) is 0.763. The van der Waals surface area contributed by atoms with Crippen LogP contribution in [0.4, 0.5) is 0 Å². The number of rotatable bonds is 1. The fourth-order valence-electron chi connectivity index (χ4n) is 2.71. The lowest BCUT2D eigenvalue weighted by molar-refractivity contribution is -0.121. The van der Waals surface area contributed by atoms with Crippen LogP contribution >= 0.6 is 0 Å². The highest BCUT2D eigenvalue weighted by atomic mass is 16.2. The summed E-state index contributed by atoms with van der Waals surface area (Å²) in [6.07, 6.45) is 1.65. The van der Waals surface area contributed by atoms with Gasteiger partial charge in [0.25, 0.3) is 11.8 Å². The van der Waals surface area contributed by atoms with Gasteiger partial charge in [0, 0.05) is 19.0 Å². The fourth-order valence-corrected chi connectivity index (χ4v) is 2.71. The molecule has 0 aromatic heterocycles. The summed E-state index contributed by atoms with van der Waals surface area (Å²) in [7, 11) is 0. The normalized spacial score (nSPS) is 23.1. The van der Waals surface area contributed by atoms with Crippen molar-refractivity contribution in [3.8, 4) is 0 Å². The number of hydrogen-bond donors (Lipinski definition) is 1. The number of fused-ring (bicyclic) bond motifs is 1. The number of amides is 3. The van der Waals surface area contributed by atoms with Gasteiger partial charge in [-0.1, -0.05) is 12.1 Å². The number of nitrogens with zero attached hydrogens (tertiary/aromatic N) is 1. The van der Waals surface area contributed by atoms with Crippen molar-refractivity contribution in [3.63, 3.8) is 0 Å². The highest BCUT2D eigenvalue weighted by molar-refractivity contribution is 6.21. The third-order valence-electron chi connectivity index (χ3n) is 3.65. The Morgan fingerprint density at radius 1 is 1.05 bits per heavy atom. The van der Waals surface area contributed by atoms with Crippen molar-refractivity contribution in [2.75, 3.05) is 6.54 Å². The van der Waals surface area contributed by atoms with Crippen molar-refractivity contribution in [2.24, 2.45) is 0 Å². The second kappa shape index (κ2) is 4.50. The molecule has 1 fully saturated rings. The minimum absolute atomic E-state index is 0.0981. The lowest BCUT2D eigenvalue weighted by Crippen LogP contribution is -2.41. The Labute approximate surface area is 110 Å². The Hall–Kier alpha value is -2.17. The van der Waals surface area contributed by atoms with E-state index in [1.807, 2.05) is 0 Å². The maximum absolute atomic E-state index is 12.3. The van der Waals surface area contributed by atoms with E-state index in [0.29, 0.717) is 24.1 Å². The smallest absolute Gasteiger partial charge is 0.261 e. The van der Waals surface area contributed by atoms with Gasteiger partial charge < -0.3 is 5.32 Å². The number of carbonyl (C=O) groups is 3. The van der Waals surface area contributed by atoms with E-state index in [1.54, 1.807) is 24.3 Å². The average Bonchev–Trinajstić information content (AvgIpc) is 2.56. The lowest BCUT2D eigenvalue weighted by atomic mass is 10.1. The zero-order valence-electron chi connectivity index (χ0n) is 10.4. The monoisotopic (exact) mass is 258 g/mol. The summed E-state index contributed by atoms with van der Waals surface area (Å²) in [6.45, 7) is 0.610. The number of imide groups is 1. The van der Waals surface area contributed by atoms with E-state index in [2.05, 4.69) is 5.32 Å². The van der Waals surface area contributed by atoms with Crippen LogP contribution < -0.4 is 5.32 Å². The predicted octanol–water partition coefficient (Wildman–Crippen LogP) is 0.951. The standard InChI is InChI=1S/C14H14N2O3/c17-12-8-9(4-3-7-15-12)16-13(18)10-5-1-2-6-11(10)14(16)19/h1-2,5-6,9H,3-4,7-8H2,(H,15,17). The first-order valence-electron chi connectivity index (χ1n) is 6.42. The molecule has 0 radical (unpaired) electrons. The molecule has 0 aliphatic carbocycles. The van der Waals surface area contributed by atoms with Crippen molar-refractivity contribution in [3.05, 3.63) is 35.4 Å². The van der Waals surface area contributed by atoms with Crippen LogP contribution in [0.25, 0.3) is 0 Å². The second-order valence-corrected chi connectivity index (χ2v) is 4.88. The summed E-state index contributed by atoms with van der Waals surface area (Å²) in [5.41, 5.74) is 0.884. The van der Waals surface area contributed by atoms with Gasteiger partial charge in [-0.25, -0.2) is 0 Å². The summed E-state index contributed by atoms with van der Waals surface area (Å²) < 4.78 is 0. The van der Waals surface area contributed by atoms with Crippen molar-refractivity contribution < 1.29 is 14.4 Å². The van der Waals surface area contributed by atoms with Gasteiger partial charge in [-0.2, -0.15) is 0 Å². The molecule has 5 nitrogen and oxygen atoms in total. The van der Waals surface area contributed by atoms with Gasteiger partial charge in [0.2, 0.25) is 5.91 Å². The average molecular weight is 258 g/mol. The molecule has 1 N–H and O–H groups in total. The van der Waals surface area contributed by atoms with E-state index in [-0.39, 0.29) is 30.2 Å². The molecule has 2 aliphatic heterocycles. The van der Waals surface area contributed by atoms with E-state index in [9.17, 15) is 14.4 Å². The summed E-state index contributed by atoms with van der Waals surface area (Å²) in [5.74, 6) is -0.653. The molecule has 3 amide bonds. The maximum Gasteiger partial charge on any atom is 0.261 e. The van der Waals surface area contributed by atoms with Crippen LogP contribution in [0, 0.1) is 0 Å². The Bertz CT molecular complexity index is 533. The molecule has 1 aromatic carbocycles. The van der Waals surface area contributed by atoms with Crippen molar-refractivity contribution in [1.82, 2.24) is 10.2 Å². The van der Waals surface area contributed by atoms with Crippen LogP contribution in [0.2, 0.25) is 0 Å². The highest BCUT2D eigenvalue weighted by Gasteiger charge is 2.40. The first-order valence-corrected chi connectivity index (χ1v) is 6.42. The third-order valence-corrected chi connectivity index (χ3v) is 3.65. The van der Waals surface area contributed by atoms with Gasteiger partial charge in [-0.15, -0.1) is 0 Å². The van der Waals surface area contributed by atoms with E-state index < -0.39 is 0 Å². The minimum atomic E-state index is -0.324. The van der Waals surface area contributed by atoms with Crippen LogP contribution in [0.15, 0.2) is 24.3 Å². The number of benzene rings is 1. The highest BCUT2D eigenvalue weighted by Crippen LogP contribution is 2.27. The lowest BCUT2D eigenvalue weighted by Gasteiger charge is -2.23. The Morgan fingerprint density at radius 2 is 1.68 bits per heavy atom. The third kappa shape index (κ3) is 1.91. The molecule has 3 rings (SSSR count). The van der Waals surface area contributed by atoms with Gasteiger partial charge in [0.1, 0.15) is 0 Å². The summed E-state index contributed by atoms with van der Waals surface area (Å²) in [4.78, 5) is 37.4. The van der Waals surface area contributed by atoms with Gasteiger partial charge in [0.15, 0.2) is 0 Å². The Morgan fingerprint density at radius 3 is 2.32 bits per heavy atom. The molecule has 1 atom stereocenters. The van der Waals surface area contributed by atoms with E-state index >= 15 is 0 Å². The second-order valence-electron chi connectivity index (χ2n) is 4.88. The predicted molar refractivity (Wildman–Crippen MR) is 67.6 cm³/mol. The number of nitrogens with one attached hydrogen (secondary N) is 1. The van der Waals surface area contributed by atoms with Gasteiger partial charge in [0.05, 0.1) is 11.1 Å². The molecule has 0 saturated carbocycles. The molecule has 0 bridgehead atoms. The van der Waals surface area contributed by atoms with Gasteiger partial charge in [-0.3, -0.25) is 19.3 Å². The maximum atomic E-state index is 12.3.